The van der Waals surface area contributed by atoms with Gasteiger partial charge in [-0.2, -0.15) is 4.98 Å². The Labute approximate surface area is 125 Å². The highest BCUT2D eigenvalue weighted by Crippen LogP contribution is 2.39. The molecule has 2 N–H and O–H groups in total. The van der Waals surface area contributed by atoms with Gasteiger partial charge in [0.25, 0.3) is 0 Å². The van der Waals surface area contributed by atoms with Crippen LogP contribution in [0, 0.1) is 0 Å². The van der Waals surface area contributed by atoms with Gasteiger partial charge < -0.3 is 10.5 Å². The van der Waals surface area contributed by atoms with Gasteiger partial charge in [0.2, 0.25) is 5.88 Å². The van der Waals surface area contributed by atoms with Crippen molar-refractivity contribution in [2.24, 2.45) is 0 Å². The van der Waals surface area contributed by atoms with Crippen molar-refractivity contribution in [2.45, 2.75) is 44.9 Å². The van der Waals surface area contributed by atoms with Crippen LogP contribution in [0.25, 0.3) is 0 Å². The molecule has 0 spiro atoms. The SMILES string of the molecule is CC(C)(C)c1ccccc1Oc1cc(N)nc(C2CC2)n1. The minimum Gasteiger partial charge on any atom is -0.439 e. The van der Waals surface area contributed by atoms with E-state index in [9.17, 15) is 0 Å². The molecule has 4 heteroatoms. The Balaban J connectivity index is 1.94. The predicted octanol–water partition coefficient (Wildman–Crippen LogP) is 4.03. The first-order valence-corrected chi connectivity index (χ1v) is 7.35. The summed E-state index contributed by atoms with van der Waals surface area (Å²) < 4.78 is 6.00. The summed E-state index contributed by atoms with van der Waals surface area (Å²) in [5.74, 6) is 3.08. The van der Waals surface area contributed by atoms with E-state index in [2.05, 4.69) is 36.8 Å². The third-order valence-corrected chi connectivity index (χ3v) is 3.59. The standard InChI is InChI=1S/C17H21N3O/c1-17(2,3)12-6-4-5-7-13(12)21-15-10-14(18)19-16(20-15)11-8-9-11/h4-7,10-11H,8-9H2,1-3H3,(H2,18,19,20). The van der Waals surface area contributed by atoms with Gasteiger partial charge in [0.05, 0.1) is 0 Å². The van der Waals surface area contributed by atoms with E-state index in [4.69, 9.17) is 10.5 Å². The first kappa shape index (κ1) is 13.9. The number of nitrogen functional groups attached to an aromatic ring is 1. The zero-order valence-electron chi connectivity index (χ0n) is 12.8. The van der Waals surface area contributed by atoms with Crippen LogP contribution in [0.15, 0.2) is 30.3 Å². The van der Waals surface area contributed by atoms with Gasteiger partial charge in [-0.05, 0) is 24.3 Å². The van der Waals surface area contributed by atoms with Crippen molar-refractivity contribution >= 4 is 5.82 Å². The lowest BCUT2D eigenvalue weighted by Crippen LogP contribution is -2.12. The van der Waals surface area contributed by atoms with E-state index in [-0.39, 0.29) is 5.41 Å². The monoisotopic (exact) mass is 283 g/mol. The Morgan fingerprint density at radius 2 is 1.86 bits per heavy atom. The van der Waals surface area contributed by atoms with Crippen molar-refractivity contribution in [3.8, 4) is 11.6 Å². The van der Waals surface area contributed by atoms with Gasteiger partial charge in [-0.15, -0.1) is 0 Å². The molecule has 21 heavy (non-hydrogen) atoms. The normalized spacial score (nSPS) is 15.0. The smallest absolute Gasteiger partial charge is 0.224 e. The molecule has 1 aromatic carbocycles. The van der Waals surface area contributed by atoms with Crippen LogP contribution in [0.5, 0.6) is 11.6 Å². The molecule has 1 aliphatic carbocycles. The minimum absolute atomic E-state index is 0.00842. The van der Waals surface area contributed by atoms with Gasteiger partial charge in [-0.1, -0.05) is 39.0 Å². The molecule has 2 aromatic rings. The van der Waals surface area contributed by atoms with E-state index in [0.717, 1.165) is 30.0 Å². The summed E-state index contributed by atoms with van der Waals surface area (Å²) in [7, 11) is 0. The molecule has 1 aromatic heterocycles. The number of rotatable bonds is 3. The summed E-state index contributed by atoms with van der Waals surface area (Å²) in [4.78, 5) is 8.80. The van der Waals surface area contributed by atoms with E-state index in [1.54, 1.807) is 6.07 Å². The van der Waals surface area contributed by atoms with Crippen molar-refractivity contribution < 1.29 is 4.74 Å². The lowest BCUT2D eigenvalue weighted by Gasteiger charge is -2.22. The number of nitrogens with two attached hydrogens (primary N) is 1. The number of nitrogens with zero attached hydrogens (tertiary/aromatic N) is 2. The van der Waals surface area contributed by atoms with Crippen LogP contribution in [0.1, 0.15) is 50.9 Å². The molecular formula is C17H21N3O. The van der Waals surface area contributed by atoms with Crippen molar-refractivity contribution in [3.63, 3.8) is 0 Å². The number of benzene rings is 1. The van der Waals surface area contributed by atoms with Gasteiger partial charge >= 0.3 is 0 Å². The summed E-state index contributed by atoms with van der Waals surface area (Å²) >= 11 is 0. The van der Waals surface area contributed by atoms with Crippen molar-refractivity contribution in [2.75, 3.05) is 5.73 Å². The Bertz CT molecular complexity index is 657. The highest BCUT2D eigenvalue weighted by atomic mass is 16.5. The largest absolute Gasteiger partial charge is 0.439 e. The van der Waals surface area contributed by atoms with E-state index in [1.807, 2.05) is 18.2 Å². The fourth-order valence-electron chi connectivity index (χ4n) is 2.33. The molecule has 0 radical (unpaired) electrons. The molecule has 0 unspecified atom stereocenters. The molecule has 0 saturated heterocycles. The van der Waals surface area contributed by atoms with Crippen molar-refractivity contribution in [3.05, 3.63) is 41.7 Å². The molecule has 0 bridgehead atoms. The van der Waals surface area contributed by atoms with Crippen LogP contribution in [-0.4, -0.2) is 9.97 Å². The van der Waals surface area contributed by atoms with Crippen LogP contribution in [0.2, 0.25) is 0 Å². The Kier molecular flexibility index (Phi) is 3.32. The Morgan fingerprint density at radius 3 is 2.52 bits per heavy atom. The third-order valence-electron chi connectivity index (χ3n) is 3.59. The fourth-order valence-corrected chi connectivity index (χ4v) is 2.33. The predicted molar refractivity (Wildman–Crippen MR) is 83.6 cm³/mol. The highest BCUT2D eigenvalue weighted by molar-refractivity contribution is 5.42. The molecule has 1 fully saturated rings. The van der Waals surface area contributed by atoms with Gasteiger partial charge in [-0.3, -0.25) is 0 Å². The summed E-state index contributed by atoms with van der Waals surface area (Å²) in [6, 6.07) is 9.73. The van der Waals surface area contributed by atoms with E-state index < -0.39 is 0 Å². The van der Waals surface area contributed by atoms with Gasteiger partial charge in [0, 0.05) is 17.5 Å². The summed E-state index contributed by atoms with van der Waals surface area (Å²) in [6.07, 6.45) is 2.28. The number of anilines is 1. The summed E-state index contributed by atoms with van der Waals surface area (Å²) in [5.41, 5.74) is 7.03. The lowest BCUT2D eigenvalue weighted by atomic mass is 9.86. The van der Waals surface area contributed by atoms with Crippen molar-refractivity contribution in [1.82, 2.24) is 9.97 Å². The van der Waals surface area contributed by atoms with Gasteiger partial charge in [-0.25, -0.2) is 4.98 Å². The number of aromatic nitrogens is 2. The zero-order valence-corrected chi connectivity index (χ0v) is 12.8. The quantitative estimate of drug-likeness (QED) is 0.924. The minimum atomic E-state index is 0.00842. The number of hydrogen-bond acceptors (Lipinski definition) is 4. The fraction of sp³-hybridized carbons (Fsp3) is 0.412. The average molecular weight is 283 g/mol. The van der Waals surface area contributed by atoms with Gasteiger partial charge in [0.15, 0.2) is 0 Å². The maximum absolute atomic E-state index is 6.00. The molecule has 0 aliphatic heterocycles. The molecule has 3 rings (SSSR count). The highest BCUT2D eigenvalue weighted by Gasteiger charge is 2.27. The van der Waals surface area contributed by atoms with E-state index >= 15 is 0 Å². The second-order valence-electron chi connectivity index (χ2n) is 6.61. The maximum atomic E-state index is 6.00. The zero-order chi connectivity index (χ0) is 15.0. The average Bonchev–Trinajstić information content (AvgIpc) is 3.21. The second-order valence-corrected chi connectivity index (χ2v) is 6.61. The first-order chi connectivity index (χ1) is 9.93. The number of ether oxygens (including phenoxy) is 1. The molecule has 4 nitrogen and oxygen atoms in total. The lowest BCUT2D eigenvalue weighted by molar-refractivity contribution is 0.437. The molecule has 1 aliphatic rings. The van der Waals surface area contributed by atoms with Crippen LogP contribution in [-0.2, 0) is 5.41 Å². The Morgan fingerprint density at radius 1 is 1.14 bits per heavy atom. The van der Waals surface area contributed by atoms with E-state index in [0.29, 0.717) is 17.6 Å². The molecule has 0 amide bonds. The second kappa shape index (κ2) is 5.02. The summed E-state index contributed by atoms with van der Waals surface area (Å²) in [5, 5.41) is 0. The Hall–Kier alpha value is -2.10. The van der Waals surface area contributed by atoms with E-state index in [1.165, 1.54) is 0 Å². The molecule has 110 valence electrons. The van der Waals surface area contributed by atoms with Crippen LogP contribution in [0.3, 0.4) is 0 Å². The maximum Gasteiger partial charge on any atom is 0.224 e. The van der Waals surface area contributed by atoms with Crippen LogP contribution in [0.4, 0.5) is 5.82 Å². The van der Waals surface area contributed by atoms with Gasteiger partial charge in [0.1, 0.15) is 17.4 Å². The molecule has 0 atom stereocenters. The molecule has 1 heterocycles. The van der Waals surface area contributed by atoms with Crippen molar-refractivity contribution in [1.29, 1.82) is 0 Å². The number of para-hydroxylation sites is 1. The molecule has 1 saturated carbocycles. The van der Waals surface area contributed by atoms with Crippen LogP contribution >= 0.6 is 0 Å². The van der Waals surface area contributed by atoms with Crippen LogP contribution < -0.4 is 10.5 Å². The first-order valence-electron chi connectivity index (χ1n) is 7.35. The molecular weight excluding hydrogens is 262 g/mol. The number of hydrogen-bond donors (Lipinski definition) is 1. The summed E-state index contributed by atoms with van der Waals surface area (Å²) in [6.45, 7) is 6.50. The topological polar surface area (TPSA) is 61.0 Å². The third kappa shape index (κ3) is 3.15.